The maximum atomic E-state index is 12.0. The van der Waals surface area contributed by atoms with Gasteiger partial charge in [-0.1, -0.05) is 11.6 Å². The number of halogens is 1. The molecule has 0 radical (unpaired) electrons. The topological polar surface area (TPSA) is 91.8 Å². The summed E-state index contributed by atoms with van der Waals surface area (Å²) in [5.41, 5.74) is 7.11. The number of anilines is 2. The minimum absolute atomic E-state index is 0.267. The Balaban J connectivity index is 2.25. The Morgan fingerprint density at radius 1 is 1.42 bits per heavy atom. The average molecular weight is 273 g/mol. The van der Waals surface area contributed by atoms with Crippen molar-refractivity contribution in [3.8, 4) is 6.07 Å². The lowest BCUT2D eigenvalue weighted by atomic mass is 10.2. The Morgan fingerprint density at radius 2 is 2.21 bits per heavy atom. The van der Waals surface area contributed by atoms with Gasteiger partial charge in [0.05, 0.1) is 27.9 Å². The van der Waals surface area contributed by atoms with E-state index in [1.807, 2.05) is 6.07 Å². The molecule has 0 atom stereocenters. The Labute approximate surface area is 114 Å². The predicted octanol–water partition coefficient (Wildman–Crippen LogP) is 2.44. The molecular formula is C13H9ClN4O. The average Bonchev–Trinajstić information content (AvgIpc) is 2.41. The Hall–Kier alpha value is -2.58. The minimum atomic E-state index is -0.405. The molecule has 3 N–H and O–H groups in total. The summed E-state index contributed by atoms with van der Waals surface area (Å²) in [6.45, 7) is 0. The molecule has 19 heavy (non-hydrogen) atoms. The lowest BCUT2D eigenvalue weighted by Gasteiger charge is -2.08. The number of carbonyl (C=O) groups excluding carboxylic acids is 1. The molecule has 0 saturated carbocycles. The van der Waals surface area contributed by atoms with Crippen LogP contribution in [0.4, 0.5) is 11.4 Å². The van der Waals surface area contributed by atoms with Crippen LogP contribution in [0.15, 0.2) is 36.7 Å². The summed E-state index contributed by atoms with van der Waals surface area (Å²) in [7, 11) is 0. The van der Waals surface area contributed by atoms with Crippen LogP contribution in [0.25, 0.3) is 0 Å². The highest BCUT2D eigenvalue weighted by molar-refractivity contribution is 6.34. The third kappa shape index (κ3) is 2.81. The largest absolute Gasteiger partial charge is 0.398 e. The summed E-state index contributed by atoms with van der Waals surface area (Å²) < 4.78 is 0. The van der Waals surface area contributed by atoms with Gasteiger partial charge >= 0.3 is 0 Å². The van der Waals surface area contributed by atoms with Gasteiger partial charge in [0.25, 0.3) is 5.91 Å². The van der Waals surface area contributed by atoms with E-state index in [1.165, 1.54) is 24.5 Å². The zero-order valence-electron chi connectivity index (χ0n) is 9.72. The van der Waals surface area contributed by atoms with E-state index in [1.54, 1.807) is 12.1 Å². The number of rotatable bonds is 2. The van der Waals surface area contributed by atoms with Crippen LogP contribution in [0, 0.1) is 11.3 Å². The van der Waals surface area contributed by atoms with Crippen molar-refractivity contribution in [1.82, 2.24) is 4.98 Å². The van der Waals surface area contributed by atoms with Crippen LogP contribution in [-0.2, 0) is 0 Å². The molecule has 0 fully saturated rings. The third-order valence-corrected chi connectivity index (χ3v) is 2.76. The Kier molecular flexibility index (Phi) is 3.64. The van der Waals surface area contributed by atoms with Crippen LogP contribution < -0.4 is 11.1 Å². The monoisotopic (exact) mass is 272 g/mol. The molecule has 0 unspecified atom stereocenters. The molecule has 0 spiro atoms. The number of nitrogen functional groups attached to an aromatic ring is 1. The second-order valence-electron chi connectivity index (χ2n) is 3.72. The molecule has 1 aromatic heterocycles. The van der Waals surface area contributed by atoms with Crippen LogP contribution in [0.1, 0.15) is 15.9 Å². The van der Waals surface area contributed by atoms with Gasteiger partial charge in [0.1, 0.15) is 0 Å². The number of nitrogens with two attached hydrogens (primary N) is 1. The van der Waals surface area contributed by atoms with Crippen molar-refractivity contribution < 1.29 is 4.79 Å². The minimum Gasteiger partial charge on any atom is -0.398 e. The first-order valence-corrected chi connectivity index (χ1v) is 5.70. The molecular weight excluding hydrogens is 264 g/mol. The lowest BCUT2D eigenvalue weighted by molar-refractivity contribution is 0.102. The first kappa shape index (κ1) is 12.9. The predicted molar refractivity (Wildman–Crippen MR) is 72.8 cm³/mol. The second-order valence-corrected chi connectivity index (χ2v) is 4.13. The van der Waals surface area contributed by atoms with Crippen molar-refractivity contribution >= 4 is 28.9 Å². The molecule has 0 aliphatic heterocycles. The number of carbonyl (C=O) groups is 1. The van der Waals surface area contributed by atoms with Gasteiger partial charge < -0.3 is 11.1 Å². The number of nitrogens with zero attached hydrogens (tertiary/aromatic N) is 2. The van der Waals surface area contributed by atoms with E-state index >= 15 is 0 Å². The fraction of sp³-hybridized carbons (Fsp3) is 0. The molecule has 0 aliphatic rings. The van der Waals surface area contributed by atoms with E-state index in [-0.39, 0.29) is 10.6 Å². The van der Waals surface area contributed by atoms with Crippen molar-refractivity contribution in [2.45, 2.75) is 0 Å². The van der Waals surface area contributed by atoms with Crippen molar-refractivity contribution in [3.63, 3.8) is 0 Å². The molecule has 1 heterocycles. The fourth-order valence-electron chi connectivity index (χ4n) is 1.47. The molecule has 2 aromatic rings. The number of hydrogen-bond acceptors (Lipinski definition) is 4. The van der Waals surface area contributed by atoms with Gasteiger partial charge in [-0.25, -0.2) is 0 Å². The zero-order chi connectivity index (χ0) is 13.8. The van der Waals surface area contributed by atoms with E-state index in [9.17, 15) is 4.79 Å². The highest BCUT2D eigenvalue weighted by Crippen LogP contribution is 2.23. The molecule has 0 bridgehead atoms. The van der Waals surface area contributed by atoms with E-state index in [0.717, 1.165) is 0 Å². The molecule has 6 heteroatoms. The van der Waals surface area contributed by atoms with E-state index in [4.69, 9.17) is 22.6 Å². The quantitative estimate of drug-likeness (QED) is 0.878. The number of nitrogens with one attached hydrogen (secondary N) is 1. The summed E-state index contributed by atoms with van der Waals surface area (Å²) in [6, 6.07) is 8.10. The highest BCUT2D eigenvalue weighted by Gasteiger charge is 2.11. The van der Waals surface area contributed by atoms with Gasteiger partial charge in [0, 0.05) is 18.1 Å². The van der Waals surface area contributed by atoms with Crippen LogP contribution in [-0.4, -0.2) is 10.9 Å². The van der Waals surface area contributed by atoms with Crippen molar-refractivity contribution in [1.29, 1.82) is 5.26 Å². The normalized spacial score (nSPS) is 9.68. The number of benzene rings is 1. The van der Waals surface area contributed by atoms with Gasteiger partial charge in [0.2, 0.25) is 0 Å². The van der Waals surface area contributed by atoms with Crippen LogP contribution >= 0.6 is 11.6 Å². The first-order valence-electron chi connectivity index (χ1n) is 5.32. The molecule has 1 amide bonds. The van der Waals surface area contributed by atoms with Gasteiger partial charge in [0.15, 0.2) is 0 Å². The van der Waals surface area contributed by atoms with Crippen LogP contribution in [0.5, 0.6) is 0 Å². The van der Waals surface area contributed by atoms with E-state index in [0.29, 0.717) is 16.9 Å². The highest BCUT2D eigenvalue weighted by atomic mass is 35.5. The summed E-state index contributed by atoms with van der Waals surface area (Å²) in [5, 5.41) is 11.6. The number of pyridine rings is 1. The summed E-state index contributed by atoms with van der Waals surface area (Å²) in [6.07, 6.45) is 2.88. The SMILES string of the molecule is N#Cc1ccc(NC(=O)c2cnccc2N)c(Cl)c1. The van der Waals surface area contributed by atoms with Crippen molar-refractivity contribution in [2.75, 3.05) is 11.1 Å². The van der Waals surface area contributed by atoms with E-state index < -0.39 is 5.91 Å². The Morgan fingerprint density at radius 3 is 2.84 bits per heavy atom. The van der Waals surface area contributed by atoms with Gasteiger partial charge in [-0.05, 0) is 24.3 Å². The number of nitriles is 1. The zero-order valence-corrected chi connectivity index (χ0v) is 10.5. The molecule has 0 aliphatic carbocycles. The van der Waals surface area contributed by atoms with Gasteiger partial charge in [-0.15, -0.1) is 0 Å². The smallest absolute Gasteiger partial charge is 0.259 e. The summed E-state index contributed by atoms with van der Waals surface area (Å²) in [4.78, 5) is 15.8. The number of amides is 1. The van der Waals surface area contributed by atoms with Crippen molar-refractivity contribution in [2.24, 2.45) is 0 Å². The molecule has 5 nitrogen and oxygen atoms in total. The standard InChI is InChI=1S/C13H9ClN4O/c14-10-5-8(6-15)1-2-12(10)18-13(19)9-7-17-4-3-11(9)16/h1-5,7H,(H2,16,17)(H,18,19). The Bertz CT molecular complexity index is 679. The number of aromatic nitrogens is 1. The van der Waals surface area contributed by atoms with Gasteiger partial charge in [-0.3, -0.25) is 9.78 Å². The first-order chi connectivity index (χ1) is 9.11. The van der Waals surface area contributed by atoms with Gasteiger partial charge in [-0.2, -0.15) is 5.26 Å². The maximum absolute atomic E-state index is 12.0. The summed E-state index contributed by atoms with van der Waals surface area (Å²) >= 11 is 5.97. The second kappa shape index (κ2) is 5.38. The van der Waals surface area contributed by atoms with Crippen LogP contribution in [0.2, 0.25) is 5.02 Å². The molecule has 2 rings (SSSR count). The van der Waals surface area contributed by atoms with Crippen molar-refractivity contribution in [3.05, 3.63) is 52.8 Å². The lowest BCUT2D eigenvalue weighted by Crippen LogP contribution is -2.14. The number of hydrogen-bond donors (Lipinski definition) is 2. The third-order valence-electron chi connectivity index (χ3n) is 2.45. The maximum Gasteiger partial charge on any atom is 0.259 e. The fourth-order valence-corrected chi connectivity index (χ4v) is 1.70. The molecule has 0 saturated heterocycles. The van der Waals surface area contributed by atoms with E-state index in [2.05, 4.69) is 10.3 Å². The molecule has 1 aromatic carbocycles. The molecule has 94 valence electrons. The van der Waals surface area contributed by atoms with Crippen LogP contribution in [0.3, 0.4) is 0 Å². The summed E-state index contributed by atoms with van der Waals surface area (Å²) in [5.74, 6) is -0.405.